The number of hydrogen-bond acceptors (Lipinski definition) is 2. The van der Waals surface area contributed by atoms with Gasteiger partial charge >= 0.3 is 0 Å². The van der Waals surface area contributed by atoms with Crippen LogP contribution in [0.5, 0.6) is 5.75 Å². The lowest BCUT2D eigenvalue weighted by Crippen LogP contribution is -2.35. The summed E-state index contributed by atoms with van der Waals surface area (Å²) in [5.41, 5.74) is 6.59. The fraction of sp³-hybridized carbons (Fsp3) is 0.0294. The van der Waals surface area contributed by atoms with E-state index in [0.717, 1.165) is 33.8 Å². The summed E-state index contributed by atoms with van der Waals surface area (Å²) in [7, 11) is 2.08. The van der Waals surface area contributed by atoms with E-state index < -0.39 is 0 Å². The summed E-state index contributed by atoms with van der Waals surface area (Å²) < 4.78 is 2.25. The summed E-state index contributed by atoms with van der Waals surface area (Å²) in [6.07, 6.45) is 4.29. The van der Waals surface area contributed by atoms with E-state index in [9.17, 15) is 5.11 Å². The van der Waals surface area contributed by atoms with Crippen molar-refractivity contribution in [3.8, 4) is 11.4 Å². The van der Waals surface area contributed by atoms with Crippen molar-refractivity contribution in [1.29, 1.82) is 0 Å². The van der Waals surface area contributed by atoms with Crippen LogP contribution in [0.1, 0.15) is 11.3 Å². The van der Waals surface area contributed by atoms with Crippen molar-refractivity contribution in [2.45, 2.75) is 0 Å². The number of hydrogen-bond donors (Lipinski definition) is 1. The summed E-state index contributed by atoms with van der Waals surface area (Å²) in [6, 6.07) is 43.5. The van der Waals surface area contributed by atoms with Gasteiger partial charge < -0.3 is 10.0 Å². The van der Waals surface area contributed by atoms with Gasteiger partial charge in [-0.25, -0.2) is 0 Å². The molecule has 0 radical (unpaired) electrons. The van der Waals surface area contributed by atoms with Crippen molar-refractivity contribution in [3.05, 3.63) is 139 Å². The Labute approximate surface area is 216 Å². The van der Waals surface area contributed by atoms with Gasteiger partial charge in [0.2, 0.25) is 16.9 Å². The fourth-order valence-electron chi connectivity index (χ4n) is 4.85. The minimum Gasteiger partial charge on any atom is -0.508 e. The number of nitrogens with zero attached hydrogens (tertiary/aromatic N) is 2. The van der Waals surface area contributed by atoms with Gasteiger partial charge in [-0.15, -0.1) is 0 Å². The Kier molecular flexibility index (Phi) is 5.88. The van der Waals surface area contributed by atoms with Gasteiger partial charge in [-0.2, -0.15) is 4.57 Å². The van der Waals surface area contributed by atoms with Gasteiger partial charge in [-0.3, -0.25) is 0 Å². The Balaban J connectivity index is 1.40. The number of benzene rings is 5. The summed E-state index contributed by atoms with van der Waals surface area (Å²) in [5, 5.41) is 13.5. The number of aromatic nitrogens is 1. The van der Waals surface area contributed by atoms with Gasteiger partial charge in [0.25, 0.3) is 0 Å². The van der Waals surface area contributed by atoms with E-state index in [1.54, 1.807) is 12.1 Å². The molecule has 3 heteroatoms. The number of phenols is 1. The zero-order valence-electron chi connectivity index (χ0n) is 20.6. The molecule has 0 unspecified atom stereocenters. The molecule has 1 heterocycles. The molecule has 178 valence electrons. The van der Waals surface area contributed by atoms with Crippen molar-refractivity contribution >= 4 is 45.2 Å². The largest absolute Gasteiger partial charge is 0.508 e. The van der Waals surface area contributed by atoms with Gasteiger partial charge in [-0.1, -0.05) is 54.6 Å². The van der Waals surface area contributed by atoms with Crippen LogP contribution >= 0.6 is 0 Å². The lowest BCUT2D eigenvalue weighted by atomic mass is 10.0. The van der Waals surface area contributed by atoms with Crippen molar-refractivity contribution < 1.29 is 9.67 Å². The standard InChI is InChI=1S/C34H26N2O/c1-35(27-8-3-2-4-9-27)28-15-11-25(12-16-28)13-17-29-20-23-33-32-10-6-5-7-26(32)14-24-34(33)36(29)30-18-21-31(37)22-19-30/h2-24H,1H3/p+1. The quantitative estimate of drug-likeness (QED) is 0.201. The summed E-state index contributed by atoms with van der Waals surface area (Å²) >= 11 is 0. The smallest absolute Gasteiger partial charge is 0.219 e. The molecule has 1 N–H and O–H groups in total. The highest BCUT2D eigenvalue weighted by atomic mass is 16.3. The molecule has 0 atom stereocenters. The predicted molar refractivity (Wildman–Crippen MR) is 155 cm³/mol. The third-order valence-electron chi connectivity index (χ3n) is 6.85. The normalized spacial score (nSPS) is 11.4. The average Bonchev–Trinajstić information content (AvgIpc) is 2.96. The molecule has 0 bridgehead atoms. The maximum Gasteiger partial charge on any atom is 0.219 e. The molecule has 0 aliphatic carbocycles. The number of phenolic OH excluding ortho intramolecular Hbond substituents is 1. The number of aromatic hydroxyl groups is 1. The molecule has 0 spiro atoms. The topological polar surface area (TPSA) is 27.4 Å². The van der Waals surface area contributed by atoms with Gasteiger partial charge in [0.05, 0.1) is 5.39 Å². The number of anilines is 2. The molecule has 6 aromatic rings. The van der Waals surface area contributed by atoms with E-state index >= 15 is 0 Å². The van der Waals surface area contributed by atoms with Crippen LogP contribution in [0.4, 0.5) is 11.4 Å². The monoisotopic (exact) mass is 479 g/mol. The molecule has 6 rings (SSSR count). The van der Waals surface area contributed by atoms with Crippen molar-refractivity contribution in [2.24, 2.45) is 0 Å². The summed E-state index contributed by atoms with van der Waals surface area (Å²) in [6.45, 7) is 0. The van der Waals surface area contributed by atoms with Crippen LogP contribution in [0.25, 0.3) is 39.5 Å². The van der Waals surface area contributed by atoms with Crippen LogP contribution in [0.3, 0.4) is 0 Å². The molecule has 5 aromatic carbocycles. The number of rotatable bonds is 5. The van der Waals surface area contributed by atoms with E-state index in [4.69, 9.17) is 0 Å². The molecule has 37 heavy (non-hydrogen) atoms. The van der Waals surface area contributed by atoms with Gasteiger partial charge in [0.15, 0.2) is 0 Å². The molecule has 0 saturated carbocycles. The van der Waals surface area contributed by atoms with Gasteiger partial charge in [-0.05, 0) is 70.9 Å². The minimum atomic E-state index is 0.257. The minimum absolute atomic E-state index is 0.257. The number of pyridine rings is 1. The second-order valence-electron chi connectivity index (χ2n) is 9.15. The first-order valence-electron chi connectivity index (χ1n) is 12.4. The zero-order chi connectivity index (χ0) is 25.2. The zero-order valence-corrected chi connectivity index (χ0v) is 20.6. The Morgan fingerprint density at radius 3 is 2.08 bits per heavy atom. The third kappa shape index (κ3) is 4.43. The Morgan fingerprint density at radius 2 is 1.30 bits per heavy atom. The lowest BCUT2D eigenvalue weighted by Gasteiger charge is -2.19. The number of para-hydroxylation sites is 1. The molecule has 0 aliphatic rings. The molecule has 1 aromatic heterocycles. The highest BCUT2D eigenvalue weighted by Gasteiger charge is 2.18. The molecular formula is C34H27N2O+. The lowest BCUT2D eigenvalue weighted by molar-refractivity contribution is -0.569. The highest BCUT2D eigenvalue weighted by molar-refractivity contribution is 6.05. The second kappa shape index (κ2) is 9.63. The predicted octanol–water partition coefficient (Wildman–Crippen LogP) is 7.91. The Morgan fingerprint density at radius 1 is 0.595 bits per heavy atom. The van der Waals surface area contributed by atoms with Gasteiger partial charge in [0.1, 0.15) is 5.75 Å². The van der Waals surface area contributed by atoms with Crippen LogP contribution in [0.2, 0.25) is 0 Å². The van der Waals surface area contributed by atoms with Crippen LogP contribution in [0.15, 0.2) is 127 Å². The maximum absolute atomic E-state index is 9.89. The van der Waals surface area contributed by atoms with E-state index in [0.29, 0.717) is 0 Å². The third-order valence-corrected chi connectivity index (χ3v) is 6.85. The summed E-state index contributed by atoms with van der Waals surface area (Å²) in [4.78, 5) is 2.18. The first-order valence-corrected chi connectivity index (χ1v) is 12.4. The highest BCUT2D eigenvalue weighted by Crippen LogP contribution is 2.26. The molecule has 0 aliphatic heterocycles. The van der Waals surface area contributed by atoms with Crippen LogP contribution < -0.4 is 9.47 Å². The average molecular weight is 480 g/mol. The van der Waals surface area contributed by atoms with Crippen LogP contribution in [0, 0.1) is 0 Å². The Bertz CT molecular complexity index is 1720. The molecule has 3 nitrogen and oxygen atoms in total. The fourth-order valence-corrected chi connectivity index (χ4v) is 4.85. The molecule has 0 saturated heterocycles. The molecule has 0 fully saturated rings. The van der Waals surface area contributed by atoms with Crippen LogP contribution in [-0.2, 0) is 0 Å². The first kappa shape index (κ1) is 22.6. The molecular weight excluding hydrogens is 452 g/mol. The van der Waals surface area contributed by atoms with Crippen molar-refractivity contribution in [3.63, 3.8) is 0 Å². The van der Waals surface area contributed by atoms with Crippen molar-refractivity contribution in [1.82, 2.24) is 0 Å². The first-order chi connectivity index (χ1) is 18.2. The van der Waals surface area contributed by atoms with E-state index in [1.807, 2.05) is 18.2 Å². The Hall–Kier alpha value is -4.89. The van der Waals surface area contributed by atoms with Crippen LogP contribution in [-0.4, -0.2) is 12.2 Å². The van der Waals surface area contributed by atoms with E-state index in [2.05, 4.69) is 126 Å². The second-order valence-corrected chi connectivity index (χ2v) is 9.15. The summed E-state index contributed by atoms with van der Waals surface area (Å²) in [5.74, 6) is 0.257. The number of fused-ring (bicyclic) bond motifs is 3. The SMILES string of the molecule is CN(c1ccccc1)c1ccc(/C=C/c2ccc3c4ccccc4ccc3[n+]2-c2ccc(O)cc2)cc1. The van der Waals surface area contributed by atoms with E-state index in [-0.39, 0.29) is 5.75 Å². The van der Waals surface area contributed by atoms with Crippen molar-refractivity contribution in [2.75, 3.05) is 11.9 Å². The maximum atomic E-state index is 9.89. The van der Waals surface area contributed by atoms with Gasteiger partial charge in [0, 0.05) is 48.8 Å². The van der Waals surface area contributed by atoms with E-state index in [1.165, 1.54) is 16.2 Å². The molecule has 0 amide bonds.